The highest BCUT2D eigenvalue weighted by Gasteiger charge is 2.70. The number of rotatable bonds is 6. The van der Waals surface area contributed by atoms with Crippen molar-refractivity contribution in [1.82, 2.24) is 0 Å². The van der Waals surface area contributed by atoms with Gasteiger partial charge in [-0.25, -0.2) is 17.9 Å². The maximum absolute atomic E-state index is 16.1. The number of carboxylic acids is 1. The number of carboxylic acid groups (broad SMARTS) is 1. The number of aliphatic hydroxyl groups excluding tert-OH is 1. The van der Waals surface area contributed by atoms with Crippen molar-refractivity contribution in [3.05, 3.63) is 0 Å². The van der Waals surface area contributed by atoms with Gasteiger partial charge in [0.2, 0.25) is 11.7 Å². The average Bonchev–Trinajstić information content (AvgIpc) is 3.05. The molecule has 0 aromatic heterocycles. The lowest BCUT2D eigenvalue weighted by molar-refractivity contribution is -0.295. The zero-order valence-electron chi connectivity index (χ0n) is 20.6. The van der Waals surface area contributed by atoms with Crippen molar-refractivity contribution >= 4 is 13.8 Å². The number of hydrogen-bond donors (Lipinski definition) is 5. The van der Waals surface area contributed by atoms with Crippen LogP contribution in [0.4, 0.5) is 8.78 Å². The number of aliphatic carboxylic acids is 1. The van der Waals surface area contributed by atoms with E-state index < -0.39 is 66.6 Å². The molecule has 4 fully saturated rings. The summed E-state index contributed by atoms with van der Waals surface area (Å²) < 4.78 is 47.2. The lowest BCUT2D eigenvalue weighted by atomic mass is 9.42. The highest BCUT2D eigenvalue weighted by molar-refractivity contribution is 7.46. The number of alkyl halides is 2. The van der Waals surface area contributed by atoms with Gasteiger partial charge >= 0.3 is 13.8 Å². The van der Waals surface area contributed by atoms with Gasteiger partial charge in [0, 0.05) is 31.6 Å². The largest absolute Gasteiger partial charge is 0.481 e. The minimum Gasteiger partial charge on any atom is -0.481 e. The molecule has 8 nitrogen and oxygen atoms in total. The van der Waals surface area contributed by atoms with Gasteiger partial charge in [-0.05, 0) is 72.5 Å². The quantitative estimate of drug-likeness (QED) is 0.326. The van der Waals surface area contributed by atoms with Crippen molar-refractivity contribution in [3.8, 4) is 0 Å². The summed E-state index contributed by atoms with van der Waals surface area (Å²) in [6.45, 7) is 5.83. The Morgan fingerprint density at radius 3 is 2.40 bits per heavy atom. The van der Waals surface area contributed by atoms with E-state index in [9.17, 15) is 19.6 Å². The summed E-state index contributed by atoms with van der Waals surface area (Å²) in [4.78, 5) is 29.4. The van der Waals surface area contributed by atoms with Gasteiger partial charge in [-0.15, -0.1) is 0 Å². The Kier molecular flexibility index (Phi) is 6.81. The summed E-state index contributed by atoms with van der Waals surface area (Å²) in [7, 11) is -5.10. The summed E-state index contributed by atoms with van der Waals surface area (Å²) >= 11 is 0. The van der Waals surface area contributed by atoms with Gasteiger partial charge in [0.05, 0.1) is 6.10 Å². The van der Waals surface area contributed by atoms with Crippen LogP contribution in [0.3, 0.4) is 0 Å². The first kappa shape index (κ1) is 27.4. The van der Waals surface area contributed by atoms with Crippen LogP contribution >= 0.6 is 7.82 Å². The number of phosphoric acid groups is 1. The van der Waals surface area contributed by atoms with Crippen molar-refractivity contribution in [1.29, 1.82) is 0 Å². The first-order valence-electron chi connectivity index (χ1n) is 12.7. The van der Waals surface area contributed by atoms with Crippen molar-refractivity contribution in [2.24, 2.45) is 46.3 Å². The first-order valence-corrected chi connectivity index (χ1v) is 14.2. The Hall–Kier alpha value is -0.640. The molecule has 4 rings (SSSR count). The number of fused-ring (bicyclic) bond motifs is 5. The van der Waals surface area contributed by atoms with Crippen LogP contribution in [0.15, 0.2) is 0 Å². The SMILES string of the molecule is CC(CCC(=O)O)C1CCC2C3C(CC(O)C12C)C1(C)CCC(F)(OP(=O)(O)O)CC1CC3(O)F. The predicted octanol–water partition coefficient (Wildman–Crippen LogP) is 4.16. The molecule has 11 heteroatoms. The standard InChI is InChI=1S/C24H39F2O8P/c1-13(4-7-19(28)29)15-5-6-16-20-17(10-18(27)22(15,16)3)21(2)8-9-23(25,34-35(31,32)33)11-14(21)12-24(20,26)30/h13-18,20,27,30H,4-12H2,1-3H3,(H,28,29)(H2,31,32,33). The maximum atomic E-state index is 16.1. The Morgan fingerprint density at radius 2 is 1.80 bits per heavy atom. The number of aliphatic hydroxyl groups is 2. The van der Waals surface area contributed by atoms with Crippen LogP contribution in [-0.4, -0.2) is 48.9 Å². The van der Waals surface area contributed by atoms with E-state index in [1.165, 1.54) is 0 Å². The molecule has 0 bridgehead atoms. The molecule has 35 heavy (non-hydrogen) atoms. The Labute approximate surface area is 204 Å². The van der Waals surface area contributed by atoms with E-state index in [1.807, 2.05) is 20.8 Å². The van der Waals surface area contributed by atoms with Gasteiger partial charge in [-0.2, -0.15) is 0 Å². The molecule has 4 aliphatic carbocycles. The van der Waals surface area contributed by atoms with Crippen LogP contribution in [-0.2, 0) is 13.9 Å². The van der Waals surface area contributed by atoms with E-state index in [2.05, 4.69) is 4.52 Å². The summed E-state index contributed by atoms with van der Waals surface area (Å²) in [5.41, 5.74) is -1.31. The van der Waals surface area contributed by atoms with E-state index in [0.29, 0.717) is 19.3 Å². The zero-order valence-corrected chi connectivity index (χ0v) is 21.5. The van der Waals surface area contributed by atoms with Crippen molar-refractivity contribution in [3.63, 3.8) is 0 Å². The van der Waals surface area contributed by atoms with E-state index in [4.69, 9.17) is 14.9 Å². The van der Waals surface area contributed by atoms with Crippen LogP contribution in [0.2, 0.25) is 0 Å². The van der Waals surface area contributed by atoms with E-state index in [0.717, 1.165) is 0 Å². The molecule has 0 aromatic carbocycles. The minimum atomic E-state index is -5.10. The predicted molar refractivity (Wildman–Crippen MR) is 121 cm³/mol. The molecule has 5 N–H and O–H groups in total. The van der Waals surface area contributed by atoms with E-state index in [1.54, 1.807) is 0 Å². The second kappa shape index (κ2) is 8.70. The molecule has 0 aliphatic heterocycles. The second-order valence-electron chi connectivity index (χ2n) is 12.3. The normalized spacial score (nSPS) is 50.7. The van der Waals surface area contributed by atoms with Crippen LogP contribution in [0.5, 0.6) is 0 Å². The van der Waals surface area contributed by atoms with Gasteiger partial charge in [-0.1, -0.05) is 20.8 Å². The fourth-order valence-corrected chi connectivity index (χ4v) is 9.51. The molecule has 4 aliphatic rings. The summed E-state index contributed by atoms with van der Waals surface area (Å²) in [5.74, 6) is -8.33. The first-order chi connectivity index (χ1) is 15.9. The lowest BCUT2D eigenvalue weighted by Crippen LogP contribution is -2.65. The van der Waals surface area contributed by atoms with Crippen LogP contribution in [0, 0.1) is 46.3 Å². The van der Waals surface area contributed by atoms with Gasteiger partial charge in [0.1, 0.15) is 0 Å². The summed E-state index contributed by atoms with van der Waals surface area (Å²) in [5, 5.41) is 31.7. The molecule has 0 amide bonds. The molecule has 11 unspecified atom stereocenters. The topological polar surface area (TPSA) is 145 Å². The molecule has 4 saturated carbocycles. The van der Waals surface area contributed by atoms with Crippen molar-refractivity contribution < 1.29 is 47.8 Å². The molecule has 0 heterocycles. The average molecular weight is 525 g/mol. The summed E-state index contributed by atoms with van der Waals surface area (Å²) in [6.07, 6.45) is 0.392. The highest BCUT2D eigenvalue weighted by atomic mass is 31.2. The number of halogens is 2. The third kappa shape index (κ3) is 4.61. The third-order valence-corrected chi connectivity index (χ3v) is 11.2. The molecular weight excluding hydrogens is 485 g/mol. The van der Waals surface area contributed by atoms with Crippen LogP contribution in [0.1, 0.15) is 78.6 Å². The van der Waals surface area contributed by atoms with Crippen LogP contribution in [0.25, 0.3) is 0 Å². The Morgan fingerprint density at radius 1 is 1.14 bits per heavy atom. The van der Waals surface area contributed by atoms with Gasteiger partial charge < -0.3 is 25.1 Å². The molecule has 202 valence electrons. The molecule has 11 atom stereocenters. The Bertz CT molecular complexity index is 897. The fraction of sp³-hybridized carbons (Fsp3) is 0.958. The van der Waals surface area contributed by atoms with E-state index >= 15 is 8.78 Å². The zero-order chi connectivity index (χ0) is 26.2. The molecule has 0 spiro atoms. The monoisotopic (exact) mass is 524 g/mol. The maximum Gasteiger partial charge on any atom is 0.472 e. The Balaban J connectivity index is 1.63. The lowest BCUT2D eigenvalue weighted by Gasteiger charge is -2.65. The van der Waals surface area contributed by atoms with Gasteiger partial charge in [-0.3, -0.25) is 4.79 Å². The van der Waals surface area contributed by atoms with Crippen LogP contribution < -0.4 is 0 Å². The fourth-order valence-electron chi connectivity index (χ4n) is 8.92. The van der Waals surface area contributed by atoms with Crippen molar-refractivity contribution in [2.75, 3.05) is 0 Å². The highest BCUT2D eigenvalue weighted by Crippen LogP contribution is 2.71. The third-order valence-electron chi connectivity index (χ3n) is 10.6. The number of hydrogen-bond acceptors (Lipinski definition) is 5. The molecule has 0 radical (unpaired) electrons. The minimum absolute atomic E-state index is 0.00868. The molecule has 0 aromatic rings. The number of carbonyl (C=O) groups is 1. The summed E-state index contributed by atoms with van der Waals surface area (Å²) in [6, 6.07) is 0. The van der Waals surface area contributed by atoms with Gasteiger partial charge in [0.25, 0.3) is 0 Å². The smallest absolute Gasteiger partial charge is 0.472 e. The van der Waals surface area contributed by atoms with E-state index in [-0.39, 0.29) is 49.9 Å². The molecular formula is C24H39F2O8P. The number of phosphoric ester groups is 1. The molecule has 0 saturated heterocycles. The van der Waals surface area contributed by atoms with Gasteiger partial charge in [0.15, 0.2) is 0 Å². The van der Waals surface area contributed by atoms with Crippen molar-refractivity contribution in [2.45, 2.75) is 96.4 Å². The second-order valence-corrected chi connectivity index (χ2v) is 13.5.